The van der Waals surface area contributed by atoms with Gasteiger partial charge in [-0.05, 0) is 12.8 Å². The van der Waals surface area contributed by atoms with Crippen LogP contribution in [0.25, 0.3) is 0 Å². The SMILES string of the molecule is O=C(O)CNC1CCCCCC1NCC(=O)O. The fourth-order valence-corrected chi connectivity index (χ4v) is 2.23. The molecule has 0 aromatic rings. The minimum Gasteiger partial charge on any atom is -0.480 e. The van der Waals surface area contributed by atoms with Gasteiger partial charge in [-0.2, -0.15) is 0 Å². The highest BCUT2D eigenvalue weighted by Gasteiger charge is 2.23. The second kappa shape index (κ2) is 7.24. The van der Waals surface area contributed by atoms with Crippen LogP contribution in [0.2, 0.25) is 0 Å². The Bertz CT molecular complexity index is 244. The van der Waals surface area contributed by atoms with Gasteiger partial charge < -0.3 is 20.8 Å². The summed E-state index contributed by atoms with van der Waals surface area (Å²) in [5, 5.41) is 23.2. The Labute approximate surface area is 100 Å². The maximum Gasteiger partial charge on any atom is 0.317 e. The lowest BCUT2D eigenvalue weighted by molar-refractivity contribution is -0.137. The highest BCUT2D eigenvalue weighted by atomic mass is 16.4. The Morgan fingerprint density at radius 1 is 0.882 bits per heavy atom. The van der Waals surface area contributed by atoms with Crippen molar-refractivity contribution in [2.24, 2.45) is 0 Å². The van der Waals surface area contributed by atoms with Crippen LogP contribution in [0.1, 0.15) is 32.1 Å². The van der Waals surface area contributed by atoms with Crippen molar-refractivity contribution < 1.29 is 19.8 Å². The van der Waals surface area contributed by atoms with Crippen molar-refractivity contribution in [3.63, 3.8) is 0 Å². The maximum absolute atomic E-state index is 10.5. The molecule has 0 aromatic heterocycles. The Kier molecular flexibility index (Phi) is 5.93. The third-order valence-corrected chi connectivity index (χ3v) is 3.05. The van der Waals surface area contributed by atoms with Crippen molar-refractivity contribution in [3.8, 4) is 0 Å². The molecule has 2 atom stereocenters. The normalized spacial score (nSPS) is 25.2. The summed E-state index contributed by atoms with van der Waals surface area (Å²) in [6.07, 6.45) is 5.02. The molecule has 1 rings (SSSR count). The van der Waals surface area contributed by atoms with Gasteiger partial charge in [-0.1, -0.05) is 19.3 Å². The molecule has 6 heteroatoms. The van der Waals surface area contributed by atoms with Gasteiger partial charge in [0.05, 0.1) is 13.1 Å². The molecule has 0 amide bonds. The lowest BCUT2D eigenvalue weighted by Crippen LogP contribution is -2.49. The van der Waals surface area contributed by atoms with Crippen LogP contribution in [0.15, 0.2) is 0 Å². The molecule has 1 aliphatic rings. The number of hydrogen-bond donors (Lipinski definition) is 4. The van der Waals surface area contributed by atoms with E-state index in [0.29, 0.717) is 0 Å². The Balaban J connectivity index is 2.46. The number of nitrogens with one attached hydrogen (secondary N) is 2. The van der Waals surface area contributed by atoms with Crippen LogP contribution in [-0.4, -0.2) is 47.3 Å². The standard InChI is InChI=1S/C11H20N2O4/c14-10(15)6-12-8-4-2-1-3-5-9(8)13-7-11(16)17/h8-9,12-13H,1-7H2,(H,14,15)(H,16,17). The molecule has 0 aliphatic heterocycles. The third kappa shape index (κ3) is 5.65. The first kappa shape index (κ1) is 13.9. The Morgan fingerprint density at radius 2 is 1.29 bits per heavy atom. The molecule has 1 aliphatic carbocycles. The lowest BCUT2D eigenvalue weighted by Gasteiger charge is -2.26. The molecular formula is C11H20N2O4. The molecule has 4 N–H and O–H groups in total. The third-order valence-electron chi connectivity index (χ3n) is 3.05. The zero-order valence-corrected chi connectivity index (χ0v) is 9.82. The van der Waals surface area contributed by atoms with Crippen LogP contribution in [-0.2, 0) is 9.59 Å². The van der Waals surface area contributed by atoms with Crippen molar-refractivity contribution in [1.82, 2.24) is 10.6 Å². The smallest absolute Gasteiger partial charge is 0.317 e. The first-order valence-corrected chi connectivity index (χ1v) is 6.00. The minimum atomic E-state index is -0.883. The van der Waals surface area contributed by atoms with Crippen molar-refractivity contribution in [3.05, 3.63) is 0 Å². The zero-order valence-electron chi connectivity index (χ0n) is 9.82. The summed E-state index contributed by atoms with van der Waals surface area (Å²) in [5.74, 6) is -1.77. The van der Waals surface area contributed by atoms with Gasteiger partial charge in [-0.3, -0.25) is 9.59 Å². The predicted molar refractivity (Wildman–Crippen MR) is 61.9 cm³/mol. The molecule has 0 radical (unpaired) electrons. The summed E-state index contributed by atoms with van der Waals surface area (Å²) < 4.78 is 0. The minimum absolute atomic E-state index is 0.0490. The number of rotatable bonds is 6. The quantitative estimate of drug-likeness (QED) is 0.492. The Morgan fingerprint density at radius 3 is 1.65 bits per heavy atom. The molecule has 0 spiro atoms. The number of carboxylic acids is 2. The highest BCUT2D eigenvalue weighted by Crippen LogP contribution is 2.18. The average molecular weight is 244 g/mol. The summed E-state index contributed by atoms with van der Waals surface area (Å²) >= 11 is 0. The van der Waals surface area contributed by atoms with Crippen molar-refractivity contribution >= 4 is 11.9 Å². The molecule has 6 nitrogen and oxygen atoms in total. The molecule has 2 unspecified atom stereocenters. The van der Waals surface area contributed by atoms with E-state index in [-0.39, 0.29) is 25.2 Å². The van der Waals surface area contributed by atoms with Crippen LogP contribution in [0.3, 0.4) is 0 Å². The lowest BCUT2D eigenvalue weighted by atomic mass is 10.0. The van der Waals surface area contributed by atoms with Crippen LogP contribution < -0.4 is 10.6 Å². The maximum atomic E-state index is 10.5. The van der Waals surface area contributed by atoms with Gasteiger partial charge in [0.15, 0.2) is 0 Å². The molecule has 98 valence electrons. The van der Waals surface area contributed by atoms with E-state index in [1.165, 1.54) is 0 Å². The summed E-state index contributed by atoms with van der Waals surface area (Å²) in [5.41, 5.74) is 0. The van der Waals surface area contributed by atoms with Gasteiger partial charge in [-0.15, -0.1) is 0 Å². The Hall–Kier alpha value is -1.14. The topological polar surface area (TPSA) is 98.7 Å². The molecule has 0 aromatic carbocycles. The molecular weight excluding hydrogens is 224 g/mol. The van der Waals surface area contributed by atoms with Gasteiger partial charge in [0.2, 0.25) is 0 Å². The second-order valence-electron chi connectivity index (χ2n) is 4.40. The number of aliphatic carboxylic acids is 2. The number of hydrogen-bond acceptors (Lipinski definition) is 4. The molecule has 0 heterocycles. The first-order valence-electron chi connectivity index (χ1n) is 6.00. The molecule has 0 bridgehead atoms. The van der Waals surface area contributed by atoms with Crippen molar-refractivity contribution in [2.45, 2.75) is 44.2 Å². The van der Waals surface area contributed by atoms with Crippen molar-refractivity contribution in [1.29, 1.82) is 0 Å². The van der Waals surface area contributed by atoms with Crippen LogP contribution >= 0.6 is 0 Å². The van der Waals surface area contributed by atoms with Gasteiger partial charge in [0.1, 0.15) is 0 Å². The number of carbonyl (C=O) groups is 2. The van der Waals surface area contributed by atoms with E-state index in [4.69, 9.17) is 10.2 Å². The van der Waals surface area contributed by atoms with Gasteiger partial charge in [0.25, 0.3) is 0 Å². The molecule has 0 saturated heterocycles. The summed E-state index contributed by atoms with van der Waals surface area (Å²) in [7, 11) is 0. The highest BCUT2D eigenvalue weighted by molar-refractivity contribution is 5.69. The van der Waals surface area contributed by atoms with Gasteiger partial charge in [0, 0.05) is 12.1 Å². The second-order valence-corrected chi connectivity index (χ2v) is 4.40. The average Bonchev–Trinajstić information content (AvgIpc) is 2.48. The fraction of sp³-hybridized carbons (Fsp3) is 0.818. The summed E-state index contributed by atoms with van der Waals surface area (Å²) in [4.78, 5) is 21.0. The van der Waals surface area contributed by atoms with E-state index >= 15 is 0 Å². The van der Waals surface area contributed by atoms with E-state index in [1.807, 2.05) is 0 Å². The molecule has 1 saturated carbocycles. The van der Waals surface area contributed by atoms with Crippen LogP contribution in [0.5, 0.6) is 0 Å². The van der Waals surface area contributed by atoms with Gasteiger partial charge in [-0.25, -0.2) is 0 Å². The van der Waals surface area contributed by atoms with E-state index < -0.39 is 11.9 Å². The van der Waals surface area contributed by atoms with E-state index in [2.05, 4.69) is 10.6 Å². The summed E-state index contributed by atoms with van der Waals surface area (Å²) in [6, 6.07) is 0.0981. The first-order chi connectivity index (χ1) is 8.09. The van der Waals surface area contributed by atoms with E-state index in [9.17, 15) is 9.59 Å². The van der Waals surface area contributed by atoms with Crippen LogP contribution in [0.4, 0.5) is 0 Å². The monoisotopic (exact) mass is 244 g/mol. The molecule has 17 heavy (non-hydrogen) atoms. The molecule has 1 fully saturated rings. The van der Waals surface area contributed by atoms with E-state index in [0.717, 1.165) is 32.1 Å². The zero-order chi connectivity index (χ0) is 12.7. The fourth-order valence-electron chi connectivity index (χ4n) is 2.23. The number of carboxylic acid groups (broad SMARTS) is 2. The van der Waals surface area contributed by atoms with Crippen LogP contribution in [0, 0.1) is 0 Å². The van der Waals surface area contributed by atoms with Crippen molar-refractivity contribution in [2.75, 3.05) is 13.1 Å². The van der Waals surface area contributed by atoms with E-state index in [1.54, 1.807) is 0 Å². The largest absolute Gasteiger partial charge is 0.480 e. The van der Waals surface area contributed by atoms with Gasteiger partial charge >= 0.3 is 11.9 Å². The summed E-state index contributed by atoms with van der Waals surface area (Å²) in [6.45, 7) is -0.147. The predicted octanol–water partition coefficient (Wildman–Crippen LogP) is 0.0361.